The average Bonchev–Trinajstić information content (AvgIpc) is 2.90. The number of amides is 1. The van der Waals surface area contributed by atoms with Crippen molar-refractivity contribution in [3.8, 4) is 5.88 Å². The SMILES string of the molecule is O=C(NCCOc1ncccc1Cl)C1CCCN1. The summed E-state index contributed by atoms with van der Waals surface area (Å²) in [5.41, 5.74) is 0. The van der Waals surface area contributed by atoms with Crippen LogP contribution in [0.4, 0.5) is 0 Å². The van der Waals surface area contributed by atoms with Crippen LogP contribution in [0, 0.1) is 0 Å². The van der Waals surface area contributed by atoms with Crippen LogP contribution in [0.2, 0.25) is 5.02 Å². The predicted molar refractivity (Wildman–Crippen MR) is 68.8 cm³/mol. The molecule has 6 heteroatoms. The first-order valence-corrected chi connectivity index (χ1v) is 6.39. The van der Waals surface area contributed by atoms with Gasteiger partial charge in [0.05, 0.1) is 12.6 Å². The van der Waals surface area contributed by atoms with Crippen molar-refractivity contribution in [2.24, 2.45) is 0 Å². The molecule has 0 saturated carbocycles. The van der Waals surface area contributed by atoms with Gasteiger partial charge in [-0.2, -0.15) is 0 Å². The van der Waals surface area contributed by atoms with Crippen molar-refractivity contribution >= 4 is 17.5 Å². The third kappa shape index (κ3) is 3.58. The van der Waals surface area contributed by atoms with E-state index >= 15 is 0 Å². The molecule has 1 saturated heterocycles. The molecule has 1 fully saturated rings. The van der Waals surface area contributed by atoms with Gasteiger partial charge < -0.3 is 15.4 Å². The molecular weight excluding hydrogens is 254 g/mol. The van der Waals surface area contributed by atoms with Crippen LogP contribution >= 0.6 is 11.6 Å². The molecule has 98 valence electrons. The van der Waals surface area contributed by atoms with E-state index in [2.05, 4.69) is 15.6 Å². The zero-order valence-electron chi connectivity index (χ0n) is 9.99. The van der Waals surface area contributed by atoms with E-state index in [1.54, 1.807) is 18.3 Å². The zero-order chi connectivity index (χ0) is 12.8. The molecule has 0 spiro atoms. The molecule has 5 nitrogen and oxygen atoms in total. The molecule has 1 atom stereocenters. The van der Waals surface area contributed by atoms with Gasteiger partial charge in [0, 0.05) is 6.20 Å². The summed E-state index contributed by atoms with van der Waals surface area (Å²) in [5.74, 6) is 0.427. The van der Waals surface area contributed by atoms with Gasteiger partial charge >= 0.3 is 0 Å². The van der Waals surface area contributed by atoms with E-state index in [-0.39, 0.29) is 11.9 Å². The number of nitrogens with one attached hydrogen (secondary N) is 2. The standard InChI is InChI=1S/C12H16ClN3O2/c13-9-3-1-6-16-12(9)18-8-7-15-11(17)10-4-2-5-14-10/h1,3,6,10,14H,2,4-5,7-8H2,(H,15,17). The second-order valence-corrected chi connectivity index (χ2v) is 4.49. The lowest BCUT2D eigenvalue weighted by atomic mass is 10.2. The maximum atomic E-state index is 11.7. The van der Waals surface area contributed by atoms with E-state index in [0.29, 0.717) is 24.1 Å². The summed E-state index contributed by atoms with van der Waals surface area (Å²) in [6, 6.07) is 3.40. The van der Waals surface area contributed by atoms with Crippen LogP contribution in [0.5, 0.6) is 5.88 Å². The van der Waals surface area contributed by atoms with E-state index in [4.69, 9.17) is 16.3 Å². The Balaban J connectivity index is 1.67. The molecule has 18 heavy (non-hydrogen) atoms. The van der Waals surface area contributed by atoms with Gasteiger partial charge in [-0.1, -0.05) is 11.6 Å². The van der Waals surface area contributed by atoms with E-state index in [1.807, 2.05) is 0 Å². The normalized spacial score (nSPS) is 18.6. The molecule has 0 aliphatic carbocycles. The summed E-state index contributed by atoms with van der Waals surface area (Å²) in [4.78, 5) is 15.6. The van der Waals surface area contributed by atoms with E-state index < -0.39 is 0 Å². The minimum atomic E-state index is -0.0524. The molecule has 2 rings (SSSR count). The van der Waals surface area contributed by atoms with Crippen LogP contribution in [0.1, 0.15) is 12.8 Å². The summed E-state index contributed by atoms with van der Waals surface area (Å²) in [6.07, 6.45) is 3.57. The highest BCUT2D eigenvalue weighted by atomic mass is 35.5. The number of carbonyl (C=O) groups is 1. The third-order valence-corrected chi connectivity index (χ3v) is 3.03. The summed E-state index contributed by atoms with van der Waals surface area (Å²) >= 11 is 5.88. The van der Waals surface area contributed by atoms with Gasteiger partial charge in [-0.15, -0.1) is 0 Å². The van der Waals surface area contributed by atoms with Gasteiger partial charge in [0.2, 0.25) is 11.8 Å². The highest BCUT2D eigenvalue weighted by molar-refractivity contribution is 6.31. The molecule has 0 bridgehead atoms. The van der Waals surface area contributed by atoms with Gasteiger partial charge in [-0.3, -0.25) is 4.79 Å². The third-order valence-electron chi connectivity index (χ3n) is 2.74. The molecule has 1 aliphatic rings. The first-order valence-electron chi connectivity index (χ1n) is 6.02. The summed E-state index contributed by atoms with van der Waals surface area (Å²) in [7, 11) is 0. The largest absolute Gasteiger partial charge is 0.475 e. The lowest BCUT2D eigenvalue weighted by Gasteiger charge is -2.11. The Morgan fingerprint density at radius 3 is 3.28 bits per heavy atom. The van der Waals surface area contributed by atoms with Gasteiger partial charge in [-0.05, 0) is 31.5 Å². The van der Waals surface area contributed by atoms with E-state index in [1.165, 1.54) is 0 Å². The molecular formula is C12H16ClN3O2. The van der Waals surface area contributed by atoms with Crippen molar-refractivity contribution in [2.75, 3.05) is 19.7 Å². The molecule has 2 heterocycles. The fourth-order valence-corrected chi connectivity index (χ4v) is 2.01. The van der Waals surface area contributed by atoms with Crippen LogP contribution in [0.25, 0.3) is 0 Å². The lowest BCUT2D eigenvalue weighted by Crippen LogP contribution is -2.41. The number of rotatable bonds is 5. The minimum absolute atomic E-state index is 0.0308. The summed E-state index contributed by atoms with van der Waals surface area (Å²) < 4.78 is 5.37. The first-order chi connectivity index (χ1) is 8.77. The van der Waals surface area contributed by atoms with Crippen molar-refractivity contribution in [1.29, 1.82) is 0 Å². The Labute approximate surface area is 111 Å². The van der Waals surface area contributed by atoms with Crippen LogP contribution in [-0.4, -0.2) is 36.6 Å². The zero-order valence-corrected chi connectivity index (χ0v) is 10.7. The first kappa shape index (κ1) is 13.1. The Bertz CT molecular complexity index is 408. The topological polar surface area (TPSA) is 63.2 Å². The van der Waals surface area contributed by atoms with Gasteiger partial charge in [0.1, 0.15) is 11.6 Å². The fourth-order valence-electron chi connectivity index (χ4n) is 1.83. The molecule has 1 aromatic rings. The highest BCUT2D eigenvalue weighted by Gasteiger charge is 2.21. The fraction of sp³-hybridized carbons (Fsp3) is 0.500. The van der Waals surface area contributed by atoms with Gasteiger partial charge in [0.25, 0.3) is 0 Å². The van der Waals surface area contributed by atoms with Crippen LogP contribution in [0.3, 0.4) is 0 Å². The number of hydrogen-bond acceptors (Lipinski definition) is 4. The van der Waals surface area contributed by atoms with E-state index in [0.717, 1.165) is 19.4 Å². The van der Waals surface area contributed by atoms with Crippen LogP contribution in [-0.2, 0) is 4.79 Å². The number of aromatic nitrogens is 1. The maximum Gasteiger partial charge on any atom is 0.237 e. The molecule has 1 aliphatic heterocycles. The van der Waals surface area contributed by atoms with Crippen molar-refractivity contribution in [3.63, 3.8) is 0 Å². The Morgan fingerprint density at radius 2 is 2.56 bits per heavy atom. The number of hydrogen-bond donors (Lipinski definition) is 2. The molecule has 1 unspecified atom stereocenters. The van der Waals surface area contributed by atoms with Crippen molar-refractivity contribution in [1.82, 2.24) is 15.6 Å². The molecule has 2 N–H and O–H groups in total. The predicted octanol–water partition coefficient (Wildman–Crippen LogP) is 0.982. The number of halogens is 1. The number of nitrogens with zero attached hydrogens (tertiary/aromatic N) is 1. The molecule has 1 amide bonds. The maximum absolute atomic E-state index is 11.7. The lowest BCUT2D eigenvalue weighted by molar-refractivity contribution is -0.122. The Morgan fingerprint density at radius 1 is 1.67 bits per heavy atom. The minimum Gasteiger partial charge on any atom is -0.475 e. The number of pyridine rings is 1. The molecule has 0 radical (unpaired) electrons. The Hall–Kier alpha value is -1.33. The van der Waals surface area contributed by atoms with Gasteiger partial charge in [-0.25, -0.2) is 4.98 Å². The summed E-state index contributed by atoms with van der Waals surface area (Å²) in [6.45, 7) is 1.72. The van der Waals surface area contributed by atoms with E-state index in [9.17, 15) is 4.79 Å². The van der Waals surface area contributed by atoms with Crippen LogP contribution < -0.4 is 15.4 Å². The van der Waals surface area contributed by atoms with Crippen molar-refractivity contribution in [2.45, 2.75) is 18.9 Å². The average molecular weight is 270 g/mol. The molecule has 0 aromatic carbocycles. The quantitative estimate of drug-likeness (QED) is 0.783. The number of ether oxygens (including phenoxy) is 1. The second-order valence-electron chi connectivity index (χ2n) is 4.08. The second kappa shape index (κ2) is 6.56. The summed E-state index contributed by atoms with van der Waals surface area (Å²) in [5, 5.41) is 6.43. The van der Waals surface area contributed by atoms with Crippen molar-refractivity contribution in [3.05, 3.63) is 23.4 Å². The Kier molecular flexibility index (Phi) is 4.78. The number of carbonyl (C=O) groups excluding carboxylic acids is 1. The highest BCUT2D eigenvalue weighted by Crippen LogP contribution is 2.19. The molecule has 1 aromatic heterocycles. The van der Waals surface area contributed by atoms with Gasteiger partial charge in [0.15, 0.2) is 0 Å². The monoisotopic (exact) mass is 269 g/mol. The van der Waals surface area contributed by atoms with Crippen molar-refractivity contribution < 1.29 is 9.53 Å². The smallest absolute Gasteiger partial charge is 0.237 e. The van der Waals surface area contributed by atoms with Crippen LogP contribution in [0.15, 0.2) is 18.3 Å².